The number of ether oxygens (including phenoxy) is 4. The Hall–Kier alpha value is -3.42. The van der Waals surface area contributed by atoms with Crippen LogP contribution in [0.2, 0.25) is 0 Å². The van der Waals surface area contributed by atoms with Gasteiger partial charge >= 0.3 is 0 Å². The zero-order chi connectivity index (χ0) is 23.5. The summed E-state index contributed by atoms with van der Waals surface area (Å²) >= 11 is 0. The van der Waals surface area contributed by atoms with E-state index < -0.39 is 11.1 Å². The standard InChI is InChI=1S/C25H28N2O6/c1-27-23(29)24(10-14-15(11-24)19(31-3)7-6-18(14)30-2)26-22(28)25(27)12-16-17(13-25)21(33-5)9-8-20(16)32-4/h6-9H,10-13H2,1-5H3,(H,26,28). The van der Waals surface area contributed by atoms with Gasteiger partial charge in [0, 0.05) is 55.0 Å². The van der Waals surface area contributed by atoms with Crippen molar-refractivity contribution in [1.82, 2.24) is 10.2 Å². The Morgan fingerprint density at radius 1 is 0.697 bits per heavy atom. The van der Waals surface area contributed by atoms with Crippen LogP contribution in [0.15, 0.2) is 24.3 Å². The van der Waals surface area contributed by atoms with Gasteiger partial charge in [-0.05, 0) is 24.3 Å². The van der Waals surface area contributed by atoms with Crippen LogP contribution in [0.1, 0.15) is 22.3 Å². The van der Waals surface area contributed by atoms with Gasteiger partial charge in [0.15, 0.2) is 0 Å². The first-order chi connectivity index (χ1) is 15.8. The normalized spacial score (nSPS) is 19.4. The quantitative estimate of drug-likeness (QED) is 0.760. The average Bonchev–Trinajstić information content (AvgIpc) is 3.42. The topological polar surface area (TPSA) is 86.3 Å². The smallest absolute Gasteiger partial charge is 0.249 e. The maximum atomic E-state index is 14.0. The number of piperazine rings is 1. The van der Waals surface area contributed by atoms with Crippen LogP contribution < -0.4 is 24.3 Å². The molecule has 1 aliphatic heterocycles. The van der Waals surface area contributed by atoms with E-state index in [4.69, 9.17) is 18.9 Å². The van der Waals surface area contributed by atoms with Crippen molar-refractivity contribution in [1.29, 1.82) is 0 Å². The van der Waals surface area contributed by atoms with Crippen molar-refractivity contribution in [2.45, 2.75) is 36.8 Å². The number of benzene rings is 2. The highest BCUT2D eigenvalue weighted by Gasteiger charge is 2.61. The van der Waals surface area contributed by atoms with Gasteiger partial charge in [-0.3, -0.25) is 9.59 Å². The van der Waals surface area contributed by atoms with Crippen LogP contribution in [0.5, 0.6) is 23.0 Å². The summed E-state index contributed by atoms with van der Waals surface area (Å²) in [5.74, 6) is 2.48. The van der Waals surface area contributed by atoms with E-state index in [-0.39, 0.29) is 11.8 Å². The number of likely N-dealkylation sites (N-methyl/N-ethyl adjacent to an activating group) is 1. The molecule has 1 N–H and O–H groups in total. The van der Waals surface area contributed by atoms with Gasteiger partial charge in [-0.25, -0.2) is 0 Å². The van der Waals surface area contributed by atoms with Gasteiger partial charge in [0.25, 0.3) is 0 Å². The van der Waals surface area contributed by atoms with Crippen LogP contribution in [0.3, 0.4) is 0 Å². The number of carbonyl (C=O) groups excluding carboxylic acids is 2. The van der Waals surface area contributed by atoms with Crippen LogP contribution in [-0.4, -0.2) is 63.3 Å². The van der Waals surface area contributed by atoms with Crippen molar-refractivity contribution in [3.05, 3.63) is 46.5 Å². The van der Waals surface area contributed by atoms with Crippen LogP contribution in [0.25, 0.3) is 0 Å². The van der Waals surface area contributed by atoms with E-state index in [0.717, 1.165) is 22.3 Å². The monoisotopic (exact) mass is 452 g/mol. The lowest BCUT2D eigenvalue weighted by molar-refractivity contribution is -0.160. The molecule has 2 spiro atoms. The minimum absolute atomic E-state index is 0.117. The van der Waals surface area contributed by atoms with E-state index in [1.165, 1.54) is 0 Å². The molecule has 1 heterocycles. The first-order valence-electron chi connectivity index (χ1n) is 10.9. The van der Waals surface area contributed by atoms with E-state index in [1.807, 2.05) is 24.3 Å². The minimum Gasteiger partial charge on any atom is -0.496 e. The number of hydrogen-bond acceptors (Lipinski definition) is 6. The van der Waals surface area contributed by atoms with Crippen molar-refractivity contribution in [3.63, 3.8) is 0 Å². The molecule has 8 heteroatoms. The van der Waals surface area contributed by atoms with Gasteiger partial charge in [-0.2, -0.15) is 0 Å². The van der Waals surface area contributed by atoms with E-state index >= 15 is 0 Å². The number of hydrogen-bond donors (Lipinski definition) is 1. The molecular weight excluding hydrogens is 424 g/mol. The number of nitrogens with one attached hydrogen (secondary N) is 1. The molecular formula is C25H28N2O6. The molecule has 1 saturated heterocycles. The van der Waals surface area contributed by atoms with Gasteiger partial charge in [-0.15, -0.1) is 0 Å². The molecule has 0 atom stereocenters. The van der Waals surface area contributed by atoms with Gasteiger partial charge in [0.2, 0.25) is 11.8 Å². The number of amides is 2. The van der Waals surface area contributed by atoms with E-state index in [1.54, 1.807) is 40.4 Å². The predicted octanol–water partition coefficient (Wildman–Crippen LogP) is 1.68. The van der Waals surface area contributed by atoms with E-state index in [9.17, 15) is 9.59 Å². The molecule has 2 amide bonds. The molecule has 2 aliphatic carbocycles. The number of rotatable bonds is 4. The number of nitrogens with zero attached hydrogens (tertiary/aromatic N) is 1. The fraction of sp³-hybridized carbons (Fsp3) is 0.440. The molecule has 2 aromatic rings. The third kappa shape index (κ3) is 2.76. The molecule has 3 aliphatic rings. The van der Waals surface area contributed by atoms with Crippen LogP contribution >= 0.6 is 0 Å². The molecule has 1 fully saturated rings. The average molecular weight is 453 g/mol. The fourth-order valence-electron chi connectivity index (χ4n) is 5.85. The molecule has 0 saturated carbocycles. The lowest BCUT2D eigenvalue weighted by atomic mass is 9.82. The van der Waals surface area contributed by atoms with Crippen LogP contribution in [-0.2, 0) is 35.3 Å². The Balaban J connectivity index is 1.53. The molecule has 0 unspecified atom stereocenters. The first-order valence-corrected chi connectivity index (χ1v) is 10.9. The van der Waals surface area contributed by atoms with Gasteiger partial charge in [0.1, 0.15) is 34.1 Å². The predicted molar refractivity (Wildman–Crippen MR) is 120 cm³/mol. The molecule has 33 heavy (non-hydrogen) atoms. The SMILES string of the molecule is COc1ccc(OC)c2c1CC1(C2)NC(=O)C2(Cc3c(OC)ccc(OC)c3C2)N(C)C1=O. The summed E-state index contributed by atoms with van der Waals surface area (Å²) in [4.78, 5) is 29.4. The zero-order valence-electron chi connectivity index (χ0n) is 19.5. The molecule has 8 nitrogen and oxygen atoms in total. The summed E-state index contributed by atoms with van der Waals surface area (Å²) in [7, 11) is 8.14. The van der Waals surface area contributed by atoms with Crippen molar-refractivity contribution in [2.24, 2.45) is 0 Å². The maximum absolute atomic E-state index is 14.0. The zero-order valence-corrected chi connectivity index (χ0v) is 19.5. The van der Waals surface area contributed by atoms with Gasteiger partial charge in [-0.1, -0.05) is 0 Å². The third-order valence-corrected chi connectivity index (χ3v) is 7.60. The lowest BCUT2D eigenvalue weighted by Crippen LogP contribution is -2.75. The van der Waals surface area contributed by atoms with Gasteiger partial charge < -0.3 is 29.2 Å². The second kappa shape index (κ2) is 7.30. The minimum atomic E-state index is -1.07. The third-order valence-electron chi connectivity index (χ3n) is 7.60. The molecule has 174 valence electrons. The summed E-state index contributed by atoms with van der Waals surface area (Å²) in [5.41, 5.74) is 1.50. The first kappa shape index (κ1) is 21.4. The summed E-state index contributed by atoms with van der Waals surface area (Å²) in [6.45, 7) is 0. The highest BCUT2D eigenvalue weighted by Crippen LogP contribution is 2.48. The van der Waals surface area contributed by atoms with Crippen molar-refractivity contribution in [2.75, 3.05) is 35.5 Å². The van der Waals surface area contributed by atoms with E-state index in [2.05, 4.69) is 5.32 Å². The number of methoxy groups -OCH3 is 4. The summed E-state index contributed by atoms with van der Waals surface area (Å²) in [6.07, 6.45) is 1.44. The Morgan fingerprint density at radius 3 is 1.42 bits per heavy atom. The Labute approximate surface area is 192 Å². The summed E-state index contributed by atoms with van der Waals surface area (Å²) < 4.78 is 22.2. The van der Waals surface area contributed by atoms with Gasteiger partial charge in [0.05, 0.1) is 28.4 Å². The van der Waals surface area contributed by atoms with Crippen molar-refractivity contribution >= 4 is 11.8 Å². The molecule has 0 aromatic heterocycles. The van der Waals surface area contributed by atoms with Crippen LogP contribution in [0, 0.1) is 0 Å². The highest BCUT2D eigenvalue weighted by molar-refractivity contribution is 6.04. The lowest BCUT2D eigenvalue weighted by Gasteiger charge is -2.48. The van der Waals surface area contributed by atoms with E-state index in [0.29, 0.717) is 48.7 Å². The van der Waals surface area contributed by atoms with Crippen LogP contribution in [0.4, 0.5) is 0 Å². The summed E-state index contributed by atoms with van der Waals surface area (Å²) in [5, 5.41) is 3.14. The fourth-order valence-corrected chi connectivity index (χ4v) is 5.85. The number of fused-ring (bicyclic) bond motifs is 2. The second-order valence-corrected chi connectivity index (χ2v) is 8.99. The second-order valence-electron chi connectivity index (χ2n) is 8.99. The number of carbonyl (C=O) groups is 2. The summed E-state index contributed by atoms with van der Waals surface area (Å²) in [6, 6.07) is 7.35. The Bertz CT molecular complexity index is 1110. The Morgan fingerprint density at radius 2 is 1.06 bits per heavy atom. The Kier molecular flexibility index (Phi) is 4.74. The maximum Gasteiger partial charge on any atom is 0.249 e. The molecule has 0 bridgehead atoms. The van der Waals surface area contributed by atoms with Crippen molar-refractivity contribution < 1.29 is 28.5 Å². The molecule has 2 aromatic carbocycles. The highest BCUT2D eigenvalue weighted by atomic mass is 16.5. The largest absolute Gasteiger partial charge is 0.496 e. The molecule has 0 radical (unpaired) electrons. The van der Waals surface area contributed by atoms with Crippen molar-refractivity contribution in [3.8, 4) is 23.0 Å². The molecule has 5 rings (SSSR count).